The summed E-state index contributed by atoms with van der Waals surface area (Å²) in [5, 5.41) is 1.92. The first-order valence-electron chi connectivity index (χ1n) is 22.2. The van der Waals surface area contributed by atoms with Gasteiger partial charge in [0.2, 0.25) is 0 Å². The Morgan fingerprint density at radius 2 is 0.841 bits per heavy atom. The smallest absolute Gasteiger partial charge is 0.164 e. The zero-order valence-corrected chi connectivity index (χ0v) is 37.7. The van der Waals surface area contributed by atoms with Crippen LogP contribution in [0.25, 0.3) is 50.2 Å². The van der Waals surface area contributed by atoms with E-state index >= 15 is 0 Å². The van der Waals surface area contributed by atoms with E-state index in [0.717, 1.165) is 89.8 Å². The zero-order chi connectivity index (χ0) is 44.0. The number of rotatable bonds is 11. The van der Waals surface area contributed by atoms with Crippen LogP contribution in [0.15, 0.2) is 185 Å². The fourth-order valence-electron chi connectivity index (χ4n) is 8.50. The Morgan fingerprint density at radius 1 is 0.476 bits per heavy atom. The van der Waals surface area contributed by atoms with Crippen LogP contribution in [0.3, 0.4) is 0 Å². The summed E-state index contributed by atoms with van der Waals surface area (Å²) in [6.07, 6.45) is 0. The van der Waals surface area contributed by atoms with Crippen LogP contribution < -0.4 is 9.80 Å². The lowest BCUT2D eigenvalue weighted by Crippen LogP contribution is -2.15. The van der Waals surface area contributed by atoms with E-state index < -0.39 is 0 Å². The lowest BCUT2D eigenvalue weighted by molar-refractivity contribution is 0.590. The number of benzene rings is 7. The van der Waals surface area contributed by atoms with Crippen LogP contribution >= 0.6 is 0 Å². The minimum atomic E-state index is -0.0128. The van der Waals surface area contributed by atoms with Gasteiger partial charge in [-0.1, -0.05) is 170 Å². The predicted octanol–water partition coefficient (Wildman–Crippen LogP) is 18.0. The minimum Gasteiger partial charge on any atom is -0.454 e. The first kappa shape index (κ1) is 41.3. The summed E-state index contributed by atoms with van der Waals surface area (Å²) in [6, 6.07) is 60.8. The SMILES string of the molecule is C=C(C)c1ccc(N(c2ccc(C(C)C)cc2)c2c3cc(-c4ccccc4)oc3c(N(c3ccc(C(C)C)cc3)c3ccc(C(C)(C)C)cc3)c3oc(-c4ccccc4)cc23)cc1. The molecular weight excluding hydrogens is 769 g/mol. The Morgan fingerprint density at radius 3 is 1.21 bits per heavy atom. The number of furan rings is 2. The van der Waals surface area contributed by atoms with Gasteiger partial charge in [0.15, 0.2) is 11.2 Å². The quantitative estimate of drug-likeness (QED) is 0.122. The van der Waals surface area contributed by atoms with E-state index in [9.17, 15) is 0 Å². The molecule has 2 heterocycles. The van der Waals surface area contributed by atoms with Gasteiger partial charge in [-0.3, -0.25) is 0 Å². The fraction of sp³-hybridized carbons (Fsp3) is 0.186. The van der Waals surface area contributed by atoms with Gasteiger partial charge in [0.25, 0.3) is 0 Å². The molecule has 0 unspecified atom stereocenters. The molecule has 0 bridgehead atoms. The summed E-state index contributed by atoms with van der Waals surface area (Å²) in [6.45, 7) is 22.0. The van der Waals surface area contributed by atoms with E-state index in [2.05, 4.69) is 229 Å². The molecule has 0 saturated heterocycles. The van der Waals surface area contributed by atoms with Crippen LogP contribution in [0.1, 0.15) is 89.5 Å². The molecule has 0 spiro atoms. The molecule has 0 aliphatic carbocycles. The highest BCUT2D eigenvalue weighted by Gasteiger charge is 2.32. The Kier molecular flexibility index (Phi) is 10.9. The molecule has 0 N–H and O–H groups in total. The van der Waals surface area contributed by atoms with E-state index in [1.54, 1.807) is 0 Å². The third kappa shape index (κ3) is 7.98. The number of hydrogen-bond acceptors (Lipinski definition) is 4. The standard InChI is InChI=1S/C59H56N2O2/c1-38(2)41-20-28-47(29-21-41)60(48-30-22-42(23-31-48)39(3)4)55-51-36-53(44-16-12-10-13-17-44)62-57(51)56(58-52(55)37-54(63-58)45-18-14-11-15-19-45)61(49-32-24-43(25-33-49)40(5)6)50-34-26-46(27-35-50)59(7,8)9/h10-37,39-40H,1H2,2-9H3. The Balaban J connectivity index is 1.43. The molecule has 314 valence electrons. The third-order valence-corrected chi connectivity index (χ3v) is 12.2. The molecule has 0 fully saturated rings. The average molecular weight is 825 g/mol. The van der Waals surface area contributed by atoms with Crippen molar-refractivity contribution in [2.45, 2.75) is 72.6 Å². The lowest BCUT2D eigenvalue weighted by atomic mass is 9.87. The molecule has 0 amide bonds. The van der Waals surface area contributed by atoms with Crippen LogP contribution in [-0.4, -0.2) is 0 Å². The second-order valence-corrected chi connectivity index (χ2v) is 18.4. The molecule has 0 aliphatic rings. The molecule has 0 radical (unpaired) electrons. The van der Waals surface area contributed by atoms with Gasteiger partial charge in [0.05, 0.1) is 5.69 Å². The first-order chi connectivity index (χ1) is 30.4. The number of hydrogen-bond donors (Lipinski definition) is 0. The van der Waals surface area contributed by atoms with E-state index in [0.29, 0.717) is 11.8 Å². The van der Waals surface area contributed by atoms with Gasteiger partial charge in [0.1, 0.15) is 17.2 Å². The van der Waals surface area contributed by atoms with Gasteiger partial charge < -0.3 is 18.6 Å². The van der Waals surface area contributed by atoms with Crippen molar-refractivity contribution < 1.29 is 8.83 Å². The van der Waals surface area contributed by atoms with Crippen LogP contribution in [0.4, 0.5) is 34.1 Å². The van der Waals surface area contributed by atoms with Gasteiger partial charge in [-0.05, 0) is 107 Å². The third-order valence-electron chi connectivity index (χ3n) is 12.2. The highest BCUT2D eigenvalue weighted by atomic mass is 16.4. The van der Waals surface area contributed by atoms with Crippen molar-refractivity contribution in [3.05, 3.63) is 199 Å². The van der Waals surface area contributed by atoms with Crippen LogP contribution in [0.5, 0.6) is 0 Å². The number of nitrogens with zero attached hydrogens (tertiary/aromatic N) is 2. The van der Waals surface area contributed by atoms with Crippen LogP contribution in [0.2, 0.25) is 0 Å². The van der Waals surface area contributed by atoms with Crippen molar-refractivity contribution in [1.82, 2.24) is 0 Å². The first-order valence-corrected chi connectivity index (χ1v) is 22.2. The second-order valence-electron chi connectivity index (χ2n) is 18.4. The predicted molar refractivity (Wildman–Crippen MR) is 268 cm³/mol. The molecule has 63 heavy (non-hydrogen) atoms. The van der Waals surface area contributed by atoms with E-state index in [1.165, 1.54) is 16.7 Å². The Labute approximate surface area is 372 Å². The topological polar surface area (TPSA) is 32.8 Å². The number of fused-ring (bicyclic) bond motifs is 2. The molecule has 0 aliphatic heterocycles. The lowest BCUT2D eigenvalue weighted by Gasteiger charge is -2.30. The van der Waals surface area contributed by atoms with Crippen molar-refractivity contribution in [1.29, 1.82) is 0 Å². The minimum absolute atomic E-state index is 0.0128. The zero-order valence-electron chi connectivity index (χ0n) is 37.7. The molecule has 4 nitrogen and oxygen atoms in total. The molecule has 9 rings (SSSR count). The summed E-state index contributed by atoms with van der Waals surface area (Å²) in [5.41, 5.74) is 15.2. The van der Waals surface area contributed by atoms with Crippen molar-refractivity contribution in [3.8, 4) is 22.6 Å². The van der Waals surface area contributed by atoms with Gasteiger partial charge in [-0.2, -0.15) is 0 Å². The highest BCUT2D eigenvalue weighted by Crippen LogP contribution is 2.54. The second kappa shape index (κ2) is 16.7. The Bertz CT molecular complexity index is 2920. The van der Waals surface area contributed by atoms with Crippen molar-refractivity contribution in [3.63, 3.8) is 0 Å². The molecule has 0 atom stereocenters. The summed E-state index contributed by atoms with van der Waals surface area (Å²) < 4.78 is 14.6. The maximum absolute atomic E-state index is 7.30. The average Bonchev–Trinajstić information content (AvgIpc) is 3.94. The molecular formula is C59H56N2O2. The summed E-state index contributed by atoms with van der Waals surface area (Å²) in [7, 11) is 0. The van der Waals surface area contributed by atoms with Gasteiger partial charge in [-0.25, -0.2) is 0 Å². The highest BCUT2D eigenvalue weighted by molar-refractivity contribution is 6.21. The Hall–Kier alpha value is -7.04. The van der Waals surface area contributed by atoms with Crippen LogP contribution in [0, 0.1) is 0 Å². The fourth-order valence-corrected chi connectivity index (χ4v) is 8.50. The summed E-state index contributed by atoms with van der Waals surface area (Å²) in [5.74, 6) is 2.32. The normalized spacial score (nSPS) is 11.8. The van der Waals surface area contributed by atoms with Crippen molar-refractivity contribution >= 4 is 61.6 Å². The van der Waals surface area contributed by atoms with Crippen molar-refractivity contribution in [2.24, 2.45) is 0 Å². The van der Waals surface area contributed by atoms with Crippen molar-refractivity contribution in [2.75, 3.05) is 9.80 Å². The largest absolute Gasteiger partial charge is 0.454 e. The molecule has 7 aromatic carbocycles. The van der Waals surface area contributed by atoms with E-state index in [1.807, 2.05) is 12.1 Å². The molecule has 4 heteroatoms. The molecule has 9 aromatic rings. The number of anilines is 6. The molecule has 2 aromatic heterocycles. The van der Waals surface area contributed by atoms with Crippen LogP contribution in [-0.2, 0) is 5.41 Å². The number of allylic oxidation sites excluding steroid dienone is 1. The van der Waals surface area contributed by atoms with Gasteiger partial charge in [0, 0.05) is 44.6 Å². The van der Waals surface area contributed by atoms with Gasteiger partial charge >= 0.3 is 0 Å². The van der Waals surface area contributed by atoms with E-state index in [4.69, 9.17) is 8.83 Å². The maximum Gasteiger partial charge on any atom is 0.164 e. The maximum atomic E-state index is 7.30. The monoisotopic (exact) mass is 824 g/mol. The van der Waals surface area contributed by atoms with E-state index in [-0.39, 0.29) is 5.41 Å². The van der Waals surface area contributed by atoms with Gasteiger partial charge in [-0.15, -0.1) is 0 Å². The summed E-state index contributed by atoms with van der Waals surface area (Å²) >= 11 is 0. The summed E-state index contributed by atoms with van der Waals surface area (Å²) in [4.78, 5) is 4.69. The molecule has 0 saturated carbocycles.